The van der Waals surface area contributed by atoms with E-state index in [1.54, 1.807) is 24.3 Å². The first kappa shape index (κ1) is 21.3. The smallest absolute Gasteiger partial charge is 0.294 e. The van der Waals surface area contributed by atoms with Gasteiger partial charge in [0, 0.05) is 62.2 Å². The molecule has 0 aliphatic carbocycles. The number of rotatable bonds is 4. The zero-order valence-electron chi connectivity index (χ0n) is 13.6. The van der Waals surface area contributed by atoms with Crippen LogP contribution in [0.5, 0.6) is 5.75 Å². The van der Waals surface area contributed by atoms with Crippen LogP contribution in [-0.4, -0.2) is 77.9 Å². The second kappa shape index (κ2) is 7.95. The van der Waals surface area contributed by atoms with Crippen LogP contribution >= 0.6 is 0 Å². The summed E-state index contributed by atoms with van der Waals surface area (Å²) in [5.41, 5.74) is 0.227. The van der Waals surface area contributed by atoms with Crippen LogP contribution in [0.1, 0.15) is 0 Å². The maximum absolute atomic E-state index is 12.6. The van der Waals surface area contributed by atoms with E-state index in [0.717, 1.165) is 12.1 Å². The number of fused-ring (bicyclic) bond motifs is 1. The largest absolute Gasteiger partial charge is 0.507 e. The number of phenolic OH excluding ortho intramolecular Hbond substituents is 1. The number of sulfonamides is 1. The van der Waals surface area contributed by atoms with Crippen molar-refractivity contribution in [1.29, 1.82) is 0 Å². The van der Waals surface area contributed by atoms with E-state index in [0.29, 0.717) is 10.8 Å². The molecule has 0 aromatic heterocycles. The average molecular weight is 419 g/mol. The molecule has 0 spiro atoms. The maximum Gasteiger partial charge on any atom is 0.294 e. The molecule has 3 aromatic carbocycles. The fourth-order valence-electron chi connectivity index (χ4n) is 2.39. The third kappa shape index (κ3) is 4.46. The van der Waals surface area contributed by atoms with Crippen LogP contribution in [0.25, 0.3) is 10.8 Å². The summed E-state index contributed by atoms with van der Waals surface area (Å²) in [6.07, 6.45) is 0. The van der Waals surface area contributed by atoms with Gasteiger partial charge in [-0.1, -0.05) is 30.3 Å². The molecule has 0 saturated heterocycles. The van der Waals surface area contributed by atoms with Gasteiger partial charge in [-0.05, 0) is 30.3 Å². The molecule has 0 atom stereocenters. The van der Waals surface area contributed by atoms with E-state index in [1.165, 1.54) is 24.3 Å². The molecule has 3 rings (SSSR count). The van der Waals surface area contributed by atoms with E-state index in [4.69, 9.17) is 4.55 Å². The number of nitrogens with one attached hydrogen (secondary N) is 1. The summed E-state index contributed by atoms with van der Waals surface area (Å²) in [5, 5.41) is 10.8. The molecule has 0 unspecified atom stereocenters. The van der Waals surface area contributed by atoms with Crippen LogP contribution in [0.4, 0.5) is 5.69 Å². The van der Waals surface area contributed by atoms with E-state index in [9.17, 15) is 21.9 Å². The minimum Gasteiger partial charge on any atom is -0.507 e. The standard InChI is InChI=1S/C16H13NO6S2.K/c18-16-9-3-6-13-14(16)7-2-8-15(13)17-24(19,20)11-4-1-5-12(10-11)25(21,22)23;/h1-10,17-18H,(H,21,22,23);. The van der Waals surface area contributed by atoms with Gasteiger partial charge in [-0.25, -0.2) is 8.42 Å². The van der Waals surface area contributed by atoms with Gasteiger partial charge < -0.3 is 5.11 Å². The summed E-state index contributed by atoms with van der Waals surface area (Å²) in [6.45, 7) is 0. The molecule has 3 aromatic rings. The van der Waals surface area contributed by atoms with Crippen LogP contribution < -0.4 is 4.72 Å². The molecule has 10 heteroatoms. The van der Waals surface area contributed by atoms with Crippen LogP contribution in [-0.2, 0) is 20.1 Å². The number of hydrogen-bond acceptors (Lipinski definition) is 5. The van der Waals surface area contributed by atoms with Gasteiger partial charge in [0.15, 0.2) is 0 Å². The third-order valence-electron chi connectivity index (χ3n) is 3.56. The van der Waals surface area contributed by atoms with Gasteiger partial charge in [-0.3, -0.25) is 9.27 Å². The zero-order valence-corrected chi connectivity index (χ0v) is 18.4. The van der Waals surface area contributed by atoms with Crippen molar-refractivity contribution >= 4 is 88.0 Å². The van der Waals surface area contributed by atoms with Crippen LogP contribution in [0.15, 0.2) is 70.5 Å². The molecule has 0 aliphatic rings. The first-order chi connectivity index (χ1) is 11.7. The Morgan fingerprint density at radius 3 is 2.04 bits per heavy atom. The van der Waals surface area contributed by atoms with Gasteiger partial charge in [0.25, 0.3) is 20.1 Å². The van der Waals surface area contributed by atoms with Crippen LogP contribution in [0.3, 0.4) is 0 Å². The molecule has 0 fully saturated rings. The van der Waals surface area contributed by atoms with E-state index in [1.807, 2.05) is 0 Å². The van der Waals surface area contributed by atoms with Gasteiger partial charge in [-0.2, -0.15) is 8.42 Å². The molecule has 0 aliphatic heterocycles. The summed E-state index contributed by atoms with van der Waals surface area (Å²) in [4.78, 5) is -0.842. The van der Waals surface area contributed by atoms with Crippen molar-refractivity contribution in [3.8, 4) is 5.75 Å². The summed E-state index contributed by atoms with van der Waals surface area (Å²) >= 11 is 0. The second-order valence-electron chi connectivity index (χ2n) is 5.23. The van der Waals surface area contributed by atoms with Gasteiger partial charge in [0.05, 0.1) is 15.5 Å². The number of benzene rings is 3. The molecule has 1 radical (unpaired) electrons. The minimum atomic E-state index is -4.52. The molecule has 26 heavy (non-hydrogen) atoms. The van der Waals surface area contributed by atoms with Crippen molar-refractivity contribution in [1.82, 2.24) is 0 Å². The van der Waals surface area contributed by atoms with Gasteiger partial charge >= 0.3 is 0 Å². The van der Waals surface area contributed by atoms with Crippen molar-refractivity contribution in [2.75, 3.05) is 4.72 Å². The van der Waals surface area contributed by atoms with Crippen LogP contribution in [0.2, 0.25) is 0 Å². The minimum absolute atomic E-state index is 0. The Hall–Kier alpha value is -0.984. The first-order valence-electron chi connectivity index (χ1n) is 6.99. The Morgan fingerprint density at radius 2 is 1.35 bits per heavy atom. The van der Waals surface area contributed by atoms with Crippen molar-refractivity contribution < 1.29 is 26.5 Å². The fraction of sp³-hybridized carbons (Fsp3) is 0. The second-order valence-corrected chi connectivity index (χ2v) is 8.34. The summed E-state index contributed by atoms with van der Waals surface area (Å²) in [7, 11) is -8.63. The number of anilines is 1. The topological polar surface area (TPSA) is 121 Å². The predicted octanol–water partition coefficient (Wildman–Crippen LogP) is 2.21. The quantitative estimate of drug-likeness (QED) is 0.441. The van der Waals surface area contributed by atoms with E-state index in [-0.39, 0.29) is 67.7 Å². The molecule has 3 N–H and O–H groups in total. The average Bonchev–Trinajstić information content (AvgIpc) is 2.55. The Balaban J connectivity index is 0.00000243. The third-order valence-corrected chi connectivity index (χ3v) is 5.77. The van der Waals surface area contributed by atoms with Crippen LogP contribution in [0, 0.1) is 0 Å². The monoisotopic (exact) mass is 418 g/mol. The van der Waals surface area contributed by atoms with Crippen molar-refractivity contribution in [2.45, 2.75) is 9.79 Å². The molecular formula is C16H13KNO6S2. The van der Waals surface area contributed by atoms with Crippen molar-refractivity contribution in [2.24, 2.45) is 0 Å². The summed E-state index contributed by atoms with van der Waals surface area (Å²) in [5.74, 6) is 0.00641. The van der Waals surface area contributed by atoms with E-state index < -0.39 is 25.0 Å². The molecule has 131 valence electrons. The van der Waals surface area contributed by atoms with E-state index in [2.05, 4.69) is 4.72 Å². The van der Waals surface area contributed by atoms with E-state index >= 15 is 0 Å². The van der Waals surface area contributed by atoms with Crippen molar-refractivity contribution in [3.63, 3.8) is 0 Å². The molecule has 0 saturated carbocycles. The first-order valence-corrected chi connectivity index (χ1v) is 9.92. The zero-order chi connectivity index (χ0) is 18.2. The summed E-state index contributed by atoms with van der Waals surface area (Å²) in [6, 6.07) is 13.8. The molecular weight excluding hydrogens is 405 g/mol. The number of phenols is 1. The normalized spacial score (nSPS) is 11.7. The van der Waals surface area contributed by atoms with Gasteiger partial charge in [-0.15, -0.1) is 0 Å². The fourth-order valence-corrected chi connectivity index (χ4v) is 4.11. The SMILES string of the molecule is O=S(=O)(O)c1cccc(S(=O)(=O)Nc2cccc3c(O)cccc23)c1.[K]. The Labute approximate surface area is 193 Å². The maximum atomic E-state index is 12.6. The number of hydrogen-bond donors (Lipinski definition) is 3. The van der Waals surface area contributed by atoms with Gasteiger partial charge in [0.1, 0.15) is 5.75 Å². The molecule has 0 heterocycles. The molecule has 0 amide bonds. The van der Waals surface area contributed by atoms with Gasteiger partial charge in [0.2, 0.25) is 0 Å². The Kier molecular flexibility index (Phi) is 6.51. The molecule has 7 nitrogen and oxygen atoms in total. The predicted molar refractivity (Wildman–Crippen MR) is 98.4 cm³/mol. The number of aromatic hydroxyl groups is 1. The Morgan fingerprint density at radius 1 is 0.769 bits per heavy atom. The Bertz CT molecular complexity index is 1180. The van der Waals surface area contributed by atoms with Crippen molar-refractivity contribution in [3.05, 3.63) is 60.7 Å². The molecule has 0 bridgehead atoms. The summed E-state index contributed by atoms with van der Waals surface area (Å²) < 4.78 is 58.9.